The summed E-state index contributed by atoms with van der Waals surface area (Å²) in [5, 5.41) is 13.0. The van der Waals surface area contributed by atoms with Crippen molar-refractivity contribution in [3.05, 3.63) is 169 Å². The molecule has 1 saturated carbocycles. The summed E-state index contributed by atoms with van der Waals surface area (Å²) in [6.07, 6.45) is 6.64. The number of rotatable bonds is 4. The Morgan fingerprint density at radius 3 is 1.66 bits per heavy atom. The Morgan fingerprint density at radius 1 is 0.320 bits per heavy atom. The van der Waals surface area contributed by atoms with E-state index in [4.69, 9.17) is 0 Å². The molecule has 50 heavy (non-hydrogen) atoms. The van der Waals surface area contributed by atoms with Gasteiger partial charge in [-0.3, -0.25) is 0 Å². The molecule has 0 aliphatic heterocycles. The molecule has 0 radical (unpaired) electrons. The van der Waals surface area contributed by atoms with Crippen LogP contribution in [-0.2, 0) is 0 Å². The minimum absolute atomic E-state index is 0.649. The summed E-state index contributed by atoms with van der Waals surface area (Å²) in [6.45, 7) is 0. The van der Waals surface area contributed by atoms with Crippen molar-refractivity contribution >= 4 is 53.9 Å². The molecule has 9 aromatic carbocycles. The Bertz CT molecular complexity index is 2710. The Labute approximate surface area is 293 Å². The third-order valence-corrected chi connectivity index (χ3v) is 11.4. The first kappa shape index (κ1) is 29.2. The summed E-state index contributed by atoms with van der Waals surface area (Å²) in [5.41, 5.74) is 9.23. The quantitative estimate of drug-likeness (QED) is 0.133. The van der Waals surface area contributed by atoms with Gasteiger partial charge in [-0.1, -0.05) is 165 Å². The highest BCUT2D eigenvalue weighted by Crippen LogP contribution is 2.47. The summed E-state index contributed by atoms with van der Waals surface area (Å²) >= 11 is 0. The van der Waals surface area contributed by atoms with E-state index in [1.54, 1.807) is 0 Å². The Hall–Kier alpha value is -5.72. The van der Waals surface area contributed by atoms with Crippen LogP contribution in [0.3, 0.4) is 0 Å². The average molecular weight is 639 g/mol. The van der Waals surface area contributed by atoms with Crippen LogP contribution in [0.25, 0.3) is 87.2 Å². The molecule has 1 aliphatic carbocycles. The smallest absolute Gasteiger partial charge is 0.00262 e. The molecule has 0 spiro atoms. The second-order valence-corrected chi connectivity index (χ2v) is 14.3. The average Bonchev–Trinajstić information content (AvgIpc) is 3.19. The highest BCUT2D eigenvalue weighted by molar-refractivity contribution is 6.23. The van der Waals surface area contributed by atoms with Gasteiger partial charge in [0.2, 0.25) is 0 Å². The normalized spacial score (nSPS) is 13.9. The van der Waals surface area contributed by atoms with Gasteiger partial charge in [0, 0.05) is 0 Å². The van der Waals surface area contributed by atoms with Gasteiger partial charge in [0.05, 0.1) is 0 Å². The zero-order chi connectivity index (χ0) is 33.0. The Kier molecular flexibility index (Phi) is 7.01. The molecular formula is C50H38. The van der Waals surface area contributed by atoms with E-state index in [9.17, 15) is 0 Å². The van der Waals surface area contributed by atoms with Crippen LogP contribution < -0.4 is 0 Å². The third-order valence-electron chi connectivity index (χ3n) is 11.4. The molecule has 0 amide bonds. The van der Waals surface area contributed by atoms with Gasteiger partial charge in [-0.25, -0.2) is 0 Å². The number of hydrogen-bond acceptors (Lipinski definition) is 0. The first-order valence-corrected chi connectivity index (χ1v) is 18.3. The molecule has 0 N–H and O–H groups in total. The number of benzene rings is 9. The van der Waals surface area contributed by atoms with Crippen LogP contribution in [0, 0.1) is 0 Å². The molecule has 0 aromatic heterocycles. The van der Waals surface area contributed by atoms with Crippen molar-refractivity contribution in [3.8, 4) is 33.4 Å². The number of hydrogen-bond donors (Lipinski definition) is 0. The fourth-order valence-electron chi connectivity index (χ4n) is 8.97. The minimum atomic E-state index is 0.649. The fraction of sp³-hybridized carbons (Fsp3) is 0.120. The van der Waals surface area contributed by atoms with Gasteiger partial charge in [0.15, 0.2) is 0 Å². The van der Waals surface area contributed by atoms with Gasteiger partial charge in [-0.05, 0) is 130 Å². The molecule has 0 bridgehead atoms. The summed E-state index contributed by atoms with van der Waals surface area (Å²) in [6, 6.07) is 61.6. The van der Waals surface area contributed by atoms with E-state index >= 15 is 0 Å². The molecule has 1 aliphatic rings. The SMILES string of the molecule is c1ccc(-c2c3ccc(C4CCCCC4)cc3c(-c3ccccc3)c3ccc(-c4cccc5c4ccc4cc6ccccc6cc45)cc23)cc1. The molecule has 0 nitrogen and oxygen atoms in total. The van der Waals surface area contributed by atoms with Crippen LogP contribution in [0.1, 0.15) is 43.6 Å². The van der Waals surface area contributed by atoms with Crippen molar-refractivity contribution in [3.63, 3.8) is 0 Å². The maximum atomic E-state index is 2.55. The maximum Gasteiger partial charge on any atom is -0.00262 e. The second-order valence-electron chi connectivity index (χ2n) is 14.3. The molecule has 0 atom stereocenters. The topological polar surface area (TPSA) is 0 Å². The summed E-state index contributed by atoms with van der Waals surface area (Å²) in [7, 11) is 0. The first-order chi connectivity index (χ1) is 24.8. The van der Waals surface area contributed by atoms with Crippen LogP contribution in [0.2, 0.25) is 0 Å². The monoisotopic (exact) mass is 638 g/mol. The van der Waals surface area contributed by atoms with Crippen LogP contribution in [0.15, 0.2) is 164 Å². The summed E-state index contributed by atoms with van der Waals surface area (Å²) in [5.74, 6) is 0.649. The van der Waals surface area contributed by atoms with E-state index in [1.807, 2.05) is 0 Å². The van der Waals surface area contributed by atoms with Crippen LogP contribution in [0.4, 0.5) is 0 Å². The lowest BCUT2D eigenvalue weighted by Gasteiger charge is -2.24. The first-order valence-electron chi connectivity index (χ1n) is 18.3. The van der Waals surface area contributed by atoms with E-state index in [0.717, 1.165) is 0 Å². The molecule has 1 fully saturated rings. The van der Waals surface area contributed by atoms with Gasteiger partial charge in [0.1, 0.15) is 0 Å². The van der Waals surface area contributed by atoms with Crippen molar-refractivity contribution in [2.75, 3.05) is 0 Å². The van der Waals surface area contributed by atoms with E-state index < -0.39 is 0 Å². The fourth-order valence-corrected chi connectivity index (χ4v) is 8.97. The third kappa shape index (κ3) is 4.82. The van der Waals surface area contributed by atoms with Gasteiger partial charge in [-0.2, -0.15) is 0 Å². The molecule has 0 heterocycles. The summed E-state index contributed by atoms with van der Waals surface area (Å²) in [4.78, 5) is 0. The molecular weight excluding hydrogens is 601 g/mol. The van der Waals surface area contributed by atoms with E-state index in [0.29, 0.717) is 5.92 Å². The zero-order valence-electron chi connectivity index (χ0n) is 28.2. The number of fused-ring (bicyclic) bond motifs is 6. The second kappa shape index (κ2) is 12.0. The van der Waals surface area contributed by atoms with Crippen molar-refractivity contribution < 1.29 is 0 Å². The van der Waals surface area contributed by atoms with Gasteiger partial charge in [0.25, 0.3) is 0 Å². The minimum Gasteiger partial charge on any atom is -0.0622 e. The van der Waals surface area contributed by atoms with Gasteiger partial charge in [-0.15, -0.1) is 0 Å². The van der Waals surface area contributed by atoms with Gasteiger partial charge < -0.3 is 0 Å². The maximum absolute atomic E-state index is 2.55. The van der Waals surface area contributed by atoms with Crippen LogP contribution >= 0.6 is 0 Å². The lowest BCUT2D eigenvalue weighted by molar-refractivity contribution is 0.444. The van der Waals surface area contributed by atoms with Crippen molar-refractivity contribution in [1.29, 1.82) is 0 Å². The standard InChI is InChI=1S/C50H38/c1-4-13-33(14-5-1)38-23-27-44-47(31-38)49(34-15-6-2-7-16-34)45-28-25-40(32-48(45)50(44)35-17-8-3-9-18-35)41-21-12-22-42-43(41)26-24-39-29-36-19-10-11-20-37(36)30-46(39)42/h2-3,6-12,15-33H,1,4-5,13-14H2. The van der Waals surface area contributed by atoms with E-state index in [2.05, 4.69) is 164 Å². The highest BCUT2D eigenvalue weighted by atomic mass is 14.2. The Morgan fingerprint density at radius 2 is 0.940 bits per heavy atom. The largest absolute Gasteiger partial charge is 0.0622 e. The molecule has 0 saturated heterocycles. The van der Waals surface area contributed by atoms with Crippen LogP contribution in [0.5, 0.6) is 0 Å². The predicted octanol–water partition coefficient (Wildman–Crippen LogP) is 14.5. The molecule has 10 rings (SSSR count). The van der Waals surface area contributed by atoms with Crippen molar-refractivity contribution in [1.82, 2.24) is 0 Å². The lowest BCUT2D eigenvalue weighted by Crippen LogP contribution is -2.04. The lowest BCUT2D eigenvalue weighted by atomic mass is 9.80. The van der Waals surface area contributed by atoms with Gasteiger partial charge >= 0.3 is 0 Å². The molecule has 238 valence electrons. The zero-order valence-corrected chi connectivity index (χ0v) is 28.2. The molecule has 0 heteroatoms. The van der Waals surface area contributed by atoms with Crippen LogP contribution in [-0.4, -0.2) is 0 Å². The van der Waals surface area contributed by atoms with Crippen molar-refractivity contribution in [2.45, 2.75) is 38.0 Å². The summed E-state index contributed by atoms with van der Waals surface area (Å²) < 4.78 is 0. The Balaban J connectivity index is 1.27. The molecule has 9 aromatic rings. The predicted molar refractivity (Wildman–Crippen MR) is 216 cm³/mol. The molecule has 0 unspecified atom stereocenters. The van der Waals surface area contributed by atoms with E-state index in [1.165, 1.54) is 125 Å². The highest BCUT2D eigenvalue weighted by Gasteiger charge is 2.21. The van der Waals surface area contributed by atoms with Crippen molar-refractivity contribution in [2.24, 2.45) is 0 Å². The van der Waals surface area contributed by atoms with E-state index in [-0.39, 0.29) is 0 Å².